The minimum absolute atomic E-state index is 0.0763. The van der Waals surface area contributed by atoms with Gasteiger partial charge in [0.2, 0.25) is 5.78 Å². The molecule has 7 N–H and O–H groups in total. The fourth-order valence-electron chi connectivity index (χ4n) is 8.14. The summed E-state index contributed by atoms with van der Waals surface area (Å²) in [5.74, 6) is -7.76. The van der Waals surface area contributed by atoms with Crippen molar-refractivity contribution in [3.8, 4) is 16.9 Å². The van der Waals surface area contributed by atoms with Gasteiger partial charge in [0.1, 0.15) is 22.8 Å². The number of ketones is 2. The Kier molecular flexibility index (Phi) is 8.78. The molecule has 0 saturated heterocycles. The van der Waals surface area contributed by atoms with Crippen LogP contribution in [0.15, 0.2) is 77.6 Å². The SMILES string of the molecule is CCc1ccc(CNCCc2ccccc2)cc1-c1ccc(O)c2c1C[C@H]1C[C@H]3[C@H](C(C)C)C(=O)C(C(N)=O)=C(O)[C@@]3(O)C(=O)C1=C2O. The highest BCUT2D eigenvalue weighted by Crippen LogP contribution is 2.55. The Bertz CT molecular complexity index is 1880. The normalized spacial score (nSPS) is 23.6. The number of aryl methyl sites for hydroxylation is 1. The lowest BCUT2D eigenvalue weighted by molar-refractivity contribution is -0.155. The zero-order chi connectivity index (χ0) is 34.5. The molecular formula is C39H42N2O7. The number of hydrogen-bond donors (Lipinski definition) is 6. The summed E-state index contributed by atoms with van der Waals surface area (Å²) in [6.07, 6.45) is 1.96. The fourth-order valence-corrected chi connectivity index (χ4v) is 8.14. The van der Waals surface area contributed by atoms with E-state index in [9.17, 15) is 34.8 Å². The second-order valence-corrected chi connectivity index (χ2v) is 13.6. The van der Waals surface area contributed by atoms with Crippen LogP contribution in [0.1, 0.15) is 55.0 Å². The van der Waals surface area contributed by atoms with E-state index in [1.54, 1.807) is 13.8 Å². The lowest BCUT2D eigenvalue weighted by atomic mass is 9.54. The Morgan fingerprint density at radius 3 is 2.40 bits per heavy atom. The predicted molar refractivity (Wildman–Crippen MR) is 182 cm³/mol. The van der Waals surface area contributed by atoms with Gasteiger partial charge in [0.05, 0.1) is 5.56 Å². The maximum Gasteiger partial charge on any atom is 0.255 e. The number of aromatic hydroxyl groups is 1. The minimum Gasteiger partial charge on any atom is -0.508 e. The van der Waals surface area contributed by atoms with E-state index in [4.69, 9.17) is 5.73 Å². The number of Topliss-reactive ketones (excluding diaryl/α,β-unsaturated/α-hetero) is 2. The lowest BCUT2D eigenvalue weighted by Gasteiger charge is -2.50. The monoisotopic (exact) mass is 650 g/mol. The number of benzene rings is 3. The quantitative estimate of drug-likeness (QED) is 0.141. The van der Waals surface area contributed by atoms with Crippen LogP contribution in [-0.4, -0.2) is 50.0 Å². The average Bonchev–Trinajstić information content (AvgIpc) is 3.05. The molecule has 0 radical (unpaired) electrons. The van der Waals surface area contributed by atoms with Crippen molar-refractivity contribution >= 4 is 23.2 Å². The van der Waals surface area contributed by atoms with Crippen LogP contribution in [-0.2, 0) is 40.2 Å². The van der Waals surface area contributed by atoms with Crippen molar-refractivity contribution in [1.29, 1.82) is 0 Å². The van der Waals surface area contributed by atoms with E-state index in [-0.39, 0.29) is 29.7 Å². The summed E-state index contributed by atoms with van der Waals surface area (Å²) < 4.78 is 0. The molecule has 3 aromatic carbocycles. The summed E-state index contributed by atoms with van der Waals surface area (Å²) in [5, 5.41) is 49.3. The van der Waals surface area contributed by atoms with Gasteiger partial charge in [-0.1, -0.05) is 69.3 Å². The molecule has 3 aromatic rings. The molecule has 48 heavy (non-hydrogen) atoms. The number of nitrogens with one attached hydrogen (secondary N) is 1. The van der Waals surface area contributed by atoms with Gasteiger partial charge >= 0.3 is 0 Å². The topological polar surface area (TPSA) is 170 Å². The second-order valence-electron chi connectivity index (χ2n) is 13.6. The van der Waals surface area contributed by atoms with Gasteiger partial charge < -0.3 is 31.5 Å². The summed E-state index contributed by atoms with van der Waals surface area (Å²) in [6, 6.07) is 19.9. The van der Waals surface area contributed by atoms with E-state index in [1.165, 1.54) is 11.6 Å². The molecule has 9 nitrogen and oxygen atoms in total. The molecule has 1 fully saturated rings. The predicted octanol–water partition coefficient (Wildman–Crippen LogP) is 4.87. The third-order valence-corrected chi connectivity index (χ3v) is 10.5. The summed E-state index contributed by atoms with van der Waals surface area (Å²) in [7, 11) is 0. The summed E-state index contributed by atoms with van der Waals surface area (Å²) in [5.41, 5.74) is 7.79. The second kappa shape index (κ2) is 12.7. The van der Waals surface area contributed by atoms with Crippen LogP contribution >= 0.6 is 0 Å². The van der Waals surface area contributed by atoms with Crippen LogP contribution < -0.4 is 11.1 Å². The summed E-state index contributed by atoms with van der Waals surface area (Å²) in [4.78, 5) is 39.9. The number of phenolic OH excluding ortho intramolecular Hbond substituents is 1. The van der Waals surface area contributed by atoms with Crippen molar-refractivity contribution in [3.63, 3.8) is 0 Å². The smallest absolute Gasteiger partial charge is 0.255 e. The van der Waals surface area contributed by atoms with Gasteiger partial charge in [-0.3, -0.25) is 14.4 Å². The van der Waals surface area contributed by atoms with Gasteiger partial charge in [-0.05, 0) is 89.6 Å². The number of fused-ring (bicyclic) bond motifs is 3. The number of carbonyl (C=O) groups is 3. The molecule has 4 atom stereocenters. The summed E-state index contributed by atoms with van der Waals surface area (Å²) in [6.45, 7) is 7.01. The molecule has 250 valence electrons. The molecule has 0 bridgehead atoms. The molecule has 6 rings (SSSR count). The first kappa shape index (κ1) is 33.2. The van der Waals surface area contributed by atoms with Gasteiger partial charge in [0, 0.05) is 24.0 Å². The van der Waals surface area contributed by atoms with E-state index >= 15 is 0 Å². The van der Waals surface area contributed by atoms with E-state index in [1.807, 2.05) is 24.3 Å². The molecule has 1 amide bonds. The number of phenols is 1. The Hall–Kier alpha value is -4.73. The Balaban J connectivity index is 1.40. The molecule has 0 spiro atoms. The van der Waals surface area contributed by atoms with Gasteiger partial charge in [-0.15, -0.1) is 0 Å². The van der Waals surface area contributed by atoms with Gasteiger partial charge in [0.15, 0.2) is 11.4 Å². The molecule has 9 heteroatoms. The Morgan fingerprint density at radius 1 is 1.00 bits per heavy atom. The number of rotatable bonds is 9. The molecule has 3 aliphatic rings. The van der Waals surface area contributed by atoms with Crippen molar-refractivity contribution in [2.24, 2.45) is 29.4 Å². The number of hydrogen-bond acceptors (Lipinski definition) is 8. The van der Waals surface area contributed by atoms with Crippen LogP contribution in [0.2, 0.25) is 0 Å². The van der Waals surface area contributed by atoms with Gasteiger partial charge in [0.25, 0.3) is 5.91 Å². The van der Waals surface area contributed by atoms with E-state index in [2.05, 4.69) is 42.6 Å². The fraction of sp³-hybridized carbons (Fsp3) is 0.359. The Morgan fingerprint density at radius 2 is 1.73 bits per heavy atom. The number of nitrogens with two attached hydrogens (primary N) is 1. The van der Waals surface area contributed by atoms with Crippen molar-refractivity contribution in [2.45, 2.75) is 58.6 Å². The van der Waals surface area contributed by atoms with E-state index < -0.39 is 63.8 Å². The zero-order valence-electron chi connectivity index (χ0n) is 27.4. The molecule has 0 unspecified atom stereocenters. The third kappa shape index (κ3) is 5.31. The lowest BCUT2D eigenvalue weighted by Crippen LogP contribution is -2.62. The molecule has 1 saturated carbocycles. The van der Waals surface area contributed by atoms with Crippen LogP contribution in [0, 0.1) is 23.7 Å². The molecule has 0 heterocycles. The highest BCUT2D eigenvalue weighted by atomic mass is 16.3. The number of aliphatic hydroxyl groups is 3. The maximum atomic E-state index is 14.2. The first-order valence-corrected chi connectivity index (χ1v) is 16.6. The number of aliphatic hydroxyl groups excluding tert-OH is 2. The number of amides is 1. The highest BCUT2D eigenvalue weighted by molar-refractivity contribution is 6.23. The zero-order valence-corrected chi connectivity index (χ0v) is 27.4. The standard InChI is InChI=1S/C39H42N2O7/c1-4-23-11-10-22(19-41-15-14-21-8-6-5-7-9-21)16-26(23)25-12-13-29(42)32-27(25)17-24-18-28-30(20(2)3)34(43)33(38(40)47)37(46)39(28,48)36(45)31(24)35(32)44/h5-13,16,20,24,28,30,41-42,44,46,48H,4,14-15,17-19H2,1-3H3,(H2,40,47)/t24-,28-,30-,39-/m0/s1. The first-order valence-electron chi connectivity index (χ1n) is 16.6. The van der Waals surface area contributed by atoms with E-state index in [0.29, 0.717) is 12.1 Å². The summed E-state index contributed by atoms with van der Waals surface area (Å²) >= 11 is 0. The van der Waals surface area contributed by atoms with Crippen molar-refractivity contribution < 1.29 is 34.8 Å². The van der Waals surface area contributed by atoms with Gasteiger partial charge in [-0.25, -0.2) is 0 Å². The van der Waals surface area contributed by atoms with Crippen molar-refractivity contribution in [3.05, 3.63) is 105 Å². The van der Waals surface area contributed by atoms with Gasteiger partial charge in [-0.2, -0.15) is 0 Å². The van der Waals surface area contributed by atoms with Crippen LogP contribution in [0.5, 0.6) is 5.75 Å². The molecular weight excluding hydrogens is 608 g/mol. The minimum atomic E-state index is -2.63. The van der Waals surface area contributed by atoms with Crippen LogP contribution in [0.3, 0.4) is 0 Å². The average molecular weight is 651 g/mol. The van der Waals surface area contributed by atoms with Crippen molar-refractivity contribution in [1.82, 2.24) is 5.32 Å². The van der Waals surface area contributed by atoms with E-state index in [0.717, 1.165) is 41.6 Å². The third-order valence-electron chi connectivity index (χ3n) is 10.5. The highest BCUT2D eigenvalue weighted by Gasteiger charge is 2.64. The largest absolute Gasteiger partial charge is 0.508 e. The molecule has 0 aliphatic heterocycles. The Labute approximate surface area is 279 Å². The van der Waals surface area contributed by atoms with Crippen molar-refractivity contribution in [2.75, 3.05) is 6.54 Å². The molecule has 0 aromatic heterocycles. The molecule has 3 aliphatic carbocycles. The maximum absolute atomic E-state index is 14.2. The number of carbonyl (C=O) groups excluding carboxylic acids is 3. The van der Waals surface area contributed by atoms with Crippen LogP contribution in [0.4, 0.5) is 0 Å². The number of primary amides is 1. The first-order chi connectivity index (χ1) is 22.9. The van der Waals surface area contributed by atoms with Crippen LogP contribution in [0.25, 0.3) is 16.9 Å².